The average molecular weight is 567 g/mol. The Morgan fingerprint density at radius 3 is 1.63 bits per heavy atom. The molecule has 6 rings (SSSR count). The number of fused-ring (bicyclic) bond motifs is 1. The Balaban J connectivity index is 0.000000176. The van der Waals surface area contributed by atoms with Crippen LogP contribution in [0.15, 0.2) is 158 Å². The summed E-state index contributed by atoms with van der Waals surface area (Å²) in [5, 5.41) is 2.14. The summed E-state index contributed by atoms with van der Waals surface area (Å²) in [5.74, 6) is 0.601. The van der Waals surface area contributed by atoms with E-state index in [4.69, 9.17) is 14.2 Å². The summed E-state index contributed by atoms with van der Waals surface area (Å²) in [4.78, 5) is 24.1. The van der Waals surface area contributed by atoms with Crippen molar-refractivity contribution in [1.82, 2.24) is 0 Å². The van der Waals surface area contributed by atoms with Gasteiger partial charge in [-0.3, -0.25) is 0 Å². The van der Waals surface area contributed by atoms with Gasteiger partial charge in [0.05, 0.1) is 11.1 Å². The Kier molecular flexibility index (Phi) is 9.93. The summed E-state index contributed by atoms with van der Waals surface area (Å²) >= 11 is 0. The lowest BCUT2D eigenvalue weighted by atomic mass is 10.1. The fourth-order valence-electron chi connectivity index (χ4n) is 4.21. The molecule has 0 aliphatic rings. The number of carbonyl (C=O) groups excluding carboxylic acids is 2. The van der Waals surface area contributed by atoms with Crippen LogP contribution in [-0.2, 0) is 18.0 Å². The van der Waals surface area contributed by atoms with Crippen LogP contribution in [0.1, 0.15) is 31.8 Å². The fourth-order valence-corrected chi connectivity index (χ4v) is 4.21. The summed E-state index contributed by atoms with van der Waals surface area (Å²) < 4.78 is 16.3. The van der Waals surface area contributed by atoms with Crippen molar-refractivity contribution in [3.63, 3.8) is 0 Å². The maximum absolute atomic E-state index is 12.0. The zero-order valence-corrected chi connectivity index (χ0v) is 23.5. The van der Waals surface area contributed by atoms with E-state index in [9.17, 15) is 9.59 Å². The van der Waals surface area contributed by atoms with E-state index in [1.165, 1.54) is 0 Å². The van der Waals surface area contributed by atoms with Crippen molar-refractivity contribution in [2.24, 2.45) is 0 Å². The second-order valence-electron chi connectivity index (χ2n) is 9.62. The highest BCUT2D eigenvalue weighted by molar-refractivity contribution is 5.96. The maximum Gasteiger partial charge on any atom is 0.343 e. The third-order valence-electron chi connectivity index (χ3n) is 6.49. The molecule has 0 N–H and O–H groups in total. The van der Waals surface area contributed by atoms with Gasteiger partial charge < -0.3 is 14.2 Å². The van der Waals surface area contributed by atoms with E-state index in [-0.39, 0.29) is 18.5 Å². The number of hydrogen-bond acceptors (Lipinski definition) is 5. The zero-order valence-electron chi connectivity index (χ0n) is 23.5. The molecule has 0 bridgehead atoms. The largest absolute Gasteiger partial charge is 0.489 e. The molecule has 0 amide bonds. The fraction of sp³-hybridized carbons (Fsp3) is 0.0526. The van der Waals surface area contributed by atoms with Gasteiger partial charge in [-0.25, -0.2) is 9.59 Å². The SMILES string of the molecule is O=C(OCc1ccccc1)c1ccc(OCc2ccccc2)cc1.O=C(Oc1ccccc1)c1ccc2ccccc2c1. The van der Waals surface area contributed by atoms with Crippen LogP contribution in [0.4, 0.5) is 0 Å². The van der Waals surface area contributed by atoms with Crippen LogP contribution in [0.25, 0.3) is 10.8 Å². The van der Waals surface area contributed by atoms with Crippen LogP contribution in [0.5, 0.6) is 11.5 Å². The molecule has 0 radical (unpaired) electrons. The molecular formula is C38H30O5. The van der Waals surface area contributed by atoms with E-state index in [1.807, 2.05) is 115 Å². The number of hydrogen-bond donors (Lipinski definition) is 0. The molecule has 0 spiro atoms. The summed E-state index contributed by atoms with van der Waals surface area (Å²) in [6.07, 6.45) is 0. The molecule has 5 nitrogen and oxygen atoms in total. The van der Waals surface area contributed by atoms with E-state index < -0.39 is 0 Å². The lowest BCUT2D eigenvalue weighted by Gasteiger charge is -2.08. The Morgan fingerprint density at radius 2 is 0.977 bits per heavy atom. The highest BCUT2D eigenvalue weighted by Crippen LogP contribution is 2.18. The Labute approximate surface area is 250 Å². The normalized spacial score (nSPS) is 10.2. The zero-order chi connectivity index (χ0) is 29.7. The maximum atomic E-state index is 12.0. The first-order valence-corrected chi connectivity index (χ1v) is 13.9. The predicted octanol–water partition coefficient (Wildman–Crippen LogP) is 8.68. The molecule has 0 saturated heterocycles. The lowest BCUT2D eigenvalue weighted by Crippen LogP contribution is -2.08. The first kappa shape index (κ1) is 28.8. The van der Waals surface area contributed by atoms with Crippen LogP contribution in [0.2, 0.25) is 0 Å². The monoisotopic (exact) mass is 566 g/mol. The molecule has 6 aromatic rings. The van der Waals surface area contributed by atoms with Gasteiger partial charge >= 0.3 is 11.9 Å². The number of ether oxygens (including phenoxy) is 3. The van der Waals surface area contributed by atoms with Gasteiger partial charge in [0, 0.05) is 0 Å². The molecule has 0 heterocycles. The van der Waals surface area contributed by atoms with Crippen LogP contribution in [0.3, 0.4) is 0 Å². The standard InChI is InChI=1S/C21H18O3.C17H12O2/c22-21(24-16-18-9-5-2-6-10-18)19-11-13-20(14-12-19)23-15-17-7-3-1-4-8-17;18-17(19-16-8-2-1-3-9-16)15-11-10-13-6-4-5-7-14(13)12-15/h1-14H,15-16H2;1-12H. The molecule has 0 atom stereocenters. The van der Waals surface area contributed by atoms with E-state index in [0.717, 1.165) is 27.6 Å². The summed E-state index contributed by atoms with van der Waals surface area (Å²) in [5.41, 5.74) is 3.14. The van der Waals surface area contributed by atoms with Gasteiger partial charge in [-0.15, -0.1) is 0 Å². The van der Waals surface area contributed by atoms with Gasteiger partial charge in [0.2, 0.25) is 0 Å². The van der Waals surface area contributed by atoms with E-state index >= 15 is 0 Å². The van der Waals surface area contributed by atoms with Gasteiger partial charge in [0.15, 0.2) is 0 Å². The minimum atomic E-state index is -0.339. The molecule has 212 valence electrons. The number of rotatable bonds is 8. The number of esters is 2. The Morgan fingerprint density at radius 1 is 0.442 bits per heavy atom. The minimum absolute atomic E-state index is 0.270. The first-order chi connectivity index (χ1) is 21.1. The van der Waals surface area contributed by atoms with Crippen LogP contribution in [-0.4, -0.2) is 11.9 Å². The predicted molar refractivity (Wildman–Crippen MR) is 168 cm³/mol. The van der Waals surface area contributed by atoms with Gasteiger partial charge in [0.25, 0.3) is 0 Å². The van der Waals surface area contributed by atoms with Crippen molar-refractivity contribution in [2.45, 2.75) is 13.2 Å². The molecular weight excluding hydrogens is 536 g/mol. The molecule has 0 aromatic heterocycles. The molecule has 0 aliphatic heterocycles. The Bertz CT molecular complexity index is 1750. The lowest BCUT2D eigenvalue weighted by molar-refractivity contribution is 0.0472. The molecule has 5 heteroatoms. The third kappa shape index (κ3) is 8.65. The highest BCUT2D eigenvalue weighted by Gasteiger charge is 2.09. The summed E-state index contributed by atoms with van der Waals surface area (Å²) in [7, 11) is 0. The second-order valence-corrected chi connectivity index (χ2v) is 9.62. The van der Waals surface area contributed by atoms with Crippen molar-refractivity contribution < 1.29 is 23.8 Å². The van der Waals surface area contributed by atoms with Crippen LogP contribution >= 0.6 is 0 Å². The number of benzene rings is 6. The Hall–Kier alpha value is -5.68. The topological polar surface area (TPSA) is 61.8 Å². The van der Waals surface area contributed by atoms with Crippen molar-refractivity contribution in [3.05, 3.63) is 180 Å². The van der Waals surface area contributed by atoms with E-state index in [2.05, 4.69) is 0 Å². The quantitative estimate of drug-likeness (QED) is 0.136. The molecule has 0 fully saturated rings. The average Bonchev–Trinajstić information content (AvgIpc) is 3.08. The number of carbonyl (C=O) groups is 2. The van der Waals surface area contributed by atoms with Crippen molar-refractivity contribution in [3.8, 4) is 11.5 Å². The van der Waals surface area contributed by atoms with E-state index in [1.54, 1.807) is 42.5 Å². The first-order valence-electron chi connectivity index (χ1n) is 13.9. The van der Waals surface area contributed by atoms with Crippen LogP contribution in [0, 0.1) is 0 Å². The van der Waals surface area contributed by atoms with Crippen molar-refractivity contribution in [2.75, 3.05) is 0 Å². The van der Waals surface area contributed by atoms with Gasteiger partial charge in [0.1, 0.15) is 24.7 Å². The molecule has 43 heavy (non-hydrogen) atoms. The van der Waals surface area contributed by atoms with Gasteiger partial charge in [-0.05, 0) is 70.4 Å². The van der Waals surface area contributed by atoms with E-state index in [0.29, 0.717) is 23.5 Å². The summed E-state index contributed by atoms with van der Waals surface area (Å²) in [6.45, 7) is 0.768. The third-order valence-corrected chi connectivity index (χ3v) is 6.49. The van der Waals surface area contributed by atoms with Crippen molar-refractivity contribution >= 4 is 22.7 Å². The minimum Gasteiger partial charge on any atom is -0.489 e. The van der Waals surface area contributed by atoms with Gasteiger partial charge in [-0.1, -0.05) is 109 Å². The molecule has 0 saturated carbocycles. The molecule has 0 aliphatic carbocycles. The molecule has 0 unspecified atom stereocenters. The van der Waals surface area contributed by atoms with Crippen LogP contribution < -0.4 is 9.47 Å². The highest BCUT2D eigenvalue weighted by atomic mass is 16.5. The number of para-hydroxylation sites is 1. The van der Waals surface area contributed by atoms with Crippen molar-refractivity contribution in [1.29, 1.82) is 0 Å². The van der Waals surface area contributed by atoms with Gasteiger partial charge in [-0.2, -0.15) is 0 Å². The second kappa shape index (κ2) is 14.8. The summed E-state index contributed by atoms with van der Waals surface area (Å²) in [6, 6.07) is 49.1. The molecule has 6 aromatic carbocycles. The smallest absolute Gasteiger partial charge is 0.343 e.